The molecule has 1 amide bonds. The van der Waals surface area contributed by atoms with Gasteiger partial charge in [-0.1, -0.05) is 5.92 Å². The van der Waals surface area contributed by atoms with Gasteiger partial charge in [0.15, 0.2) is 5.82 Å². The highest BCUT2D eigenvalue weighted by atomic mass is 16.6. The average Bonchev–Trinajstić information content (AvgIpc) is 3.29. The maximum absolute atomic E-state index is 12.4. The van der Waals surface area contributed by atoms with Crippen molar-refractivity contribution >= 4 is 28.9 Å². The van der Waals surface area contributed by atoms with E-state index in [4.69, 9.17) is 4.74 Å². The van der Waals surface area contributed by atoms with Crippen molar-refractivity contribution in [2.24, 2.45) is 0 Å². The van der Waals surface area contributed by atoms with Gasteiger partial charge >= 0.3 is 6.09 Å². The van der Waals surface area contributed by atoms with Gasteiger partial charge in [-0.25, -0.2) is 24.7 Å². The van der Waals surface area contributed by atoms with Crippen LogP contribution in [-0.4, -0.2) is 60.9 Å². The van der Waals surface area contributed by atoms with E-state index in [0.29, 0.717) is 22.7 Å². The third kappa shape index (κ3) is 5.98. The SMILES string of the molecule is CNC(=O)CNc1nccc(-c2nccc(C#Cc3ccc4c(cnn4C(=O)OC(C)(C)C)c3)n2)n1. The van der Waals surface area contributed by atoms with E-state index in [0.717, 1.165) is 10.9 Å². The summed E-state index contributed by atoms with van der Waals surface area (Å²) in [5, 5.41) is 10.3. The normalized spacial score (nSPS) is 10.9. The Labute approximate surface area is 207 Å². The van der Waals surface area contributed by atoms with Crippen LogP contribution in [0.1, 0.15) is 32.0 Å². The van der Waals surface area contributed by atoms with Crippen LogP contribution in [0.4, 0.5) is 10.7 Å². The van der Waals surface area contributed by atoms with Crippen LogP contribution in [-0.2, 0) is 9.53 Å². The molecular weight excluding hydrogens is 460 g/mol. The Morgan fingerprint density at radius 2 is 1.86 bits per heavy atom. The largest absolute Gasteiger partial charge is 0.442 e. The Morgan fingerprint density at radius 1 is 1.06 bits per heavy atom. The van der Waals surface area contributed by atoms with Crippen molar-refractivity contribution in [3.63, 3.8) is 0 Å². The van der Waals surface area contributed by atoms with E-state index in [1.807, 2.05) is 6.07 Å². The standard InChI is InChI=1S/C25H24N8O3/c1-25(2,3)36-24(35)33-20-8-6-16(13-17(20)14-30-33)5-7-18-9-11-27-22(31-18)19-10-12-28-23(32-19)29-15-21(34)26-4/h6,8-14H,15H2,1-4H3,(H,26,34)(H,28,29,32). The first-order chi connectivity index (χ1) is 17.2. The van der Waals surface area contributed by atoms with E-state index >= 15 is 0 Å². The molecule has 3 aromatic heterocycles. The summed E-state index contributed by atoms with van der Waals surface area (Å²) in [5.74, 6) is 6.58. The minimum Gasteiger partial charge on any atom is -0.442 e. The molecule has 0 spiro atoms. The predicted octanol–water partition coefficient (Wildman–Crippen LogP) is 2.62. The molecule has 2 N–H and O–H groups in total. The molecule has 0 unspecified atom stereocenters. The highest BCUT2D eigenvalue weighted by Gasteiger charge is 2.20. The summed E-state index contributed by atoms with van der Waals surface area (Å²) in [6.45, 7) is 5.46. The molecule has 0 aliphatic heterocycles. The zero-order valence-electron chi connectivity index (χ0n) is 20.2. The Morgan fingerprint density at radius 3 is 2.64 bits per heavy atom. The van der Waals surface area contributed by atoms with Gasteiger partial charge in [-0.05, 0) is 57.0 Å². The zero-order valence-corrected chi connectivity index (χ0v) is 20.2. The van der Waals surface area contributed by atoms with Crippen LogP contribution in [0, 0.1) is 11.8 Å². The number of aromatic nitrogens is 6. The van der Waals surface area contributed by atoms with E-state index < -0.39 is 11.7 Å². The van der Waals surface area contributed by atoms with Crippen LogP contribution in [0.2, 0.25) is 0 Å². The molecule has 0 saturated carbocycles. The minimum atomic E-state index is -0.618. The third-order valence-corrected chi connectivity index (χ3v) is 4.70. The number of fused-ring (bicyclic) bond motifs is 1. The maximum atomic E-state index is 12.4. The molecule has 11 nitrogen and oxygen atoms in total. The highest BCUT2D eigenvalue weighted by molar-refractivity contribution is 5.88. The number of carbonyl (C=O) groups is 2. The Bertz CT molecular complexity index is 1490. The van der Waals surface area contributed by atoms with E-state index in [9.17, 15) is 9.59 Å². The fourth-order valence-electron chi connectivity index (χ4n) is 3.07. The number of likely N-dealkylation sites (N-methyl/N-ethyl adjacent to an activating group) is 1. The van der Waals surface area contributed by atoms with Crippen molar-refractivity contribution in [1.29, 1.82) is 0 Å². The fraction of sp³-hybridized carbons (Fsp3) is 0.240. The Balaban J connectivity index is 1.53. The van der Waals surface area contributed by atoms with Gasteiger partial charge in [0, 0.05) is 30.4 Å². The number of carbonyl (C=O) groups excluding carboxylic acids is 2. The first-order valence-electron chi connectivity index (χ1n) is 11.1. The quantitative estimate of drug-likeness (QED) is 0.419. The van der Waals surface area contributed by atoms with E-state index in [-0.39, 0.29) is 18.4 Å². The van der Waals surface area contributed by atoms with Crippen molar-refractivity contribution in [2.75, 3.05) is 18.9 Å². The number of benzene rings is 1. The monoisotopic (exact) mass is 484 g/mol. The second-order valence-electron chi connectivity index (χ2n) is 8.62. The Hall–Kier alpha value is -4.85. The van der Waals surface area contributed by atoms with Crippen molar-refractivity contribution < 1.29 is 14.3 Å². The summed E-state index contributed by atoms with van der Waals surface area (Å²) in [7, 11) is 1.55. The summed E-state index contributed by atoms with van der Waals surface area (Å²) in [5.41, 5.74) is 1.73. The number of nitrogens with one attached hydrogen (secondary N) is 2. The van der Waals surface area contributed by atoms with Crippen LogP contribution in [0.5, 0.6) is 0 Å². The number of amides is 1. The maximum Gasteiger partial charge on any atom is 0.435 e. The molecule has 0 aliphatic carbocycles. The van der Waals surface area contributed by atoms with Crippen molar-refractivity contribution in [2.45, 2.75) is 26.4 Å². The lowest BCUT2D eigenvalue weighted by atomic mass is 10.1. The molecule has 0 saturated heterocycles. The zero-order chi connectivity index (χ0) is 25.7. The second kappa shape index (κ2) is 10.2. The van der Waals surface area contributed by atoms with Crippen molar-refractivity contribution in [1.82, 2.24) is 35.0 Å². The van der Waals surface area contributed by atoms with Crippen molar-refractivity contribution in [3.8, 4) is 23.4 Å². The summed E-state index contributed by atoms with van der Waals surface area (Å²) in [6.07, 6.45) is 4.21. The molecular formula is C25H24N8O3. The summed E-state index contributed by atoms with van der Waals surface area (Å²) >= 11 is 0. The molecule has 182 valence electrons. The van der Waals surface area contributed by atoms with E-state index in [1.54, 1.807) is 70.7 Å². The molecule has 1 aromatic carbocycles. The number of anilines is 1. The lowest BCUT2D eigenvalue weighted by Gasteiger charge is -2.19. The van der Waals surface area contributed by atoms with Gasteiger partial charge in [-0.3, -0.25) is 4.79 Å². The molecule has 4 rings (SSSR count). The average molecular weight is 485 g/mol. The molecule has 0 radical (unpaired) electrons. The molecule has 11 heteroatoms. The van der Waals surface area contributed by atoms with E-state index in [1.165, 1.54) is 4.68 Å². The van der Waals surface area contributed by atoms with Crippen LogP contribution >= 0.6 is 0 Å². The first kappa shape index (κ1) is 24.3. The lowest BCUT2D eigenvalue weighted by Crippen LogP contribution is -2.27. The fourth-order valence-corrected chi connectivity index (χ4v) is 3.07. The van der Waals surface area contributed by atoms with Crippen LogP contribution in [0.15, 0.2) is 48.9 Å². The van der Waals surface area contributed by atoms with Gasteiger partial charge in [0.2, 0.25) is 11.9 Å². The van der Waals surface area contributed by atoms with Crippen LogP contribution in [0.25, 0.3) is 22.4 Å². The summed E-state index contributed by atoms with van der Waals surface area (Å²) < 4.78 is 6.63. The smallest absolute Gasteiger partial charge is 0.435 e. The van der Waals surface area contributed by atoms with Crippen LogP contribution in [0.3, 0.4) is 0 Å². The van der Waals surface area contributed by atoms with Gasteiger partial charge in [-0.2, -0.15) is 9.78 Å². The summed E-state index contributed by atoms with van der Waals surface area (Å²) in [6, 6.07) is 8.78. The number of hydrogen-bond donors (Lipinski definition) is 2. The minimum absolute atomic E-state index is 0.0490. The number of ether oxygens (including phenoxy) is 1. The van der Waals surface area contributed by atoms with E-state index in [2.05, 4.69) is 47.5 Å². The molecule has 0 atom stereocenters. The summed E-state index contributed by atoms with van der Waals surface area (Å²) in [4.78, 5) is 41.0. The second-order valence-corrected chi connectivity index (χ2v) is 8.62. The number of rotatable bonds is 4. The van der Waals surface area contributed by atoms with Gasteiger partial charge in [0.25, 0.3) is 0 Å². The van der Waals surface area contributed by atoms with Crippen LogP contribution < -0.4 is 10.6 Å². The molecule has 0 aliphatic rings. The Kier molecular flexibility index (Phi) is 6.87. The molecule has 3 heterocycles. The van der Waals surface area contributed by atoms with Crippen molar-refractivity contribution in [3.05, 3.63) is 60.2 Å². The third-order valence-electron chi connectivity index (χ3n) is 4.70. The molecule has 36 heavy (non-hydrogen) atoms. The number of hydrogen-bond acceptors (Lipinski definition) is 9. The van der Waals surface area contributed by atoms with Gasteiger partial charge in [0.05, 0.1) is 18.3 Å². The molecule has 4 aromatic rings. The number of nitrogens with zero attached hydrogens (tertiary/aromatic N) is 6. The van der Waals surface area contributed by atoms with Gasteiger partial charge < -0.3 is 15.4 Å². The van der Waals surface area contributed by atoms with Gasteiger partial charge in [0.1, 0.15) is 17.0 Å². The molecule has 0 bridgehead atoms. The topological polar surface area (TPSA) is 137 Å². The first-order valence-corrected chi connectivity index (χ1v) is 11.1. The molecule has 0 fully saturated rings. The predicted molar refractivity (Wildman–Crippen MR) is 133 cm³/mol. The van der Waals surface area contributed by atoms with Gasteiger partial charge in [-0.15, -0.1) is 0 Å². The highest BCUT2D eigenvalue weighted by Crippen LogP contribution is 2.18. The lowest BCUT2D eigenvalue weighted by molar-refractivity contribution is -0.118.